The van der Waals surface area contributed by atoms with E-state index in [9.17, 15) is 0 Å². The van der Waals surface area contributed by atoms with E-state index in [1.807, 2.05) is 0 Å². The number of aromatic nitrogens is 1. The zero-order valence-electron chi connectivity index (χ0n) is 12.3. The molecule has 1 aromatic heterocycles. The molecule has 0 atom stereocenters. The maximum Gasteiger partial charge on any atom is 0 e. The van der Waals surface area contributed by atoms with E-state index in [0.717, 1.165) is 23.9 Å². The van der Waals surface area contributed by atoms with Crippen LogP contribution in [-0.2, 0) is 65.0 Å². The minimum atomic E-state index is 0. The molecule has 0 aliphatic carbocycles. The van der Waals surface area contributed by atoms with Gasteiger partial charge in [0.15, 0.2) is 0 Å². The molecule has 1 nitrogen and oxygen atoms in total. The molecule has 2 radical (unpaired) electrons. The van der Waals surface area contributed by atoms with Crippen LogP contribution >= 0.6 is 0 Å². The van der Waals surface area contributed by atoms with E-state index < -0.39 is 0 Å². The van der Waals surface area contributed by atoms with Gasteiger partial charge in [-0.15, -0.1) is 0 Å². The Balaban J connectivity index is 0.00000133. The predicted octanol–water partition coefficient (Wildman–Crippen LogP) is 4.32. The Bertz CT molecular complexity index is 666. The SMILES string of the molecule is [CH2-]Cc1cccc2cc3cccc(C[CH2-])c3nc12.[CH3-].[RuH+3].[Y]. The minimum Gasteiger partial charge on any atom is 0 e. The van der Waals surface area contributed by atoms with Crippen LogP contribution in [0, 0.1) is 21.3 Å². The van der Waals surface area contributed by atoms with Gasteiger partial charge in [0.2, 0.25) is 0 Å². The van der Waals surface area contributed by atoms with Crippen molar-refractivity contribution >= 4 is 21.8 Å². The summed E-state index contributed by atoms with van der Waals surface area (Å²) in [5.41, 5.74) is 4.54. The van der Waals surface area contributed by atoms with Gasteiger partial charge in [-0.05, 0) is 6.07 Å². The number of hydrogen-bond acceptors (Lipinski definition) is 1. The molecule has 3 aromatic rings. The van der Waals surface area contributed by atoms with Crippen LogP contribution in [0.2, 0.25) is 0 Å². The molecular formula is C18H19NRuY. The molecule has 21 heavy (non-hydrogen) atoms. The fourth-order valence-electron chi connectivity index (χ4n) is 2.41. The number of para-hydroxylation sites is 2. The van der Waals surface area contributed by atoms with E-state index in [0.29, 0.717) is 0 Å². The van der Waals surface area contributed by atoms with Crippen LogP contribution in [0.1, 0.15) is 11.1 Å². The average molecular weight is 439 g/mol. The molecule has 0 N–H and O–H groups in total. The van der Waals surface area contributed by atoms with Crippen LogP contribution in [0.3, 0.4) is 0 Å². The number of benzene rings is 2. The van der Waals surface area contributed by atoms with Gasteiger partial charge in [0.25, 0.3) is 0 Å². The second-order valence-electron chi connectivity index (χ2n) is 4.47. The number of pyridine rings is 1. The van der Waals surface area contributed by atoms with Crippen LogP contribution in [0.15, 0.2) is 42.5 Å². The number of fused-ring (bicyclic) bond motifs is 2. The minimum absolute atomic E-state index is 0. The summed E-state index contributed by atoms with van der Waals surface area (Å²) in [6.07, 6.45) is 1.53. The normalized spacial score (nSPS) is 9.62. The Hall–Kier alpha value is -0.163. The molecule has 0 fully saturated rings. The zero-order chi connectivity index (χ0) is 12.5. The van der Waals surface area contributed by atoms with Crippen LogP contribution < -0.4 is 0 Å². The van der Waals surface area contributed by atoms with E-state index >= 15 is 0 Å². The summed E-state index contributed by atoms with van der Waals surface area (Å²) in [5, 5.41) is 2.37. The Morgan fingerprint density at radius 3 is 1.62 bits per heavy atom. The third kappa shape index (κ3) is 3.98. The van der Waals surface area contributed by atoms with Crippen molar-refractivity contribution < 1.29 is 52.2 Å². The summed E-state index contributed by atoms with van der Waals surface area (Å²) in [4.78, 5) is 4.84. The third-order valence-electron chi connectivity index (χ3n) is 3.37. The predicted molar refractivity (Wildman–Crippen MR) is 85.2 cm³/mol. The first-order valence-electron chi connectivity index (χ1n) is 6.22. The van der Waals surface area contributed by atoms with Gasteiger partial charge in [-0.3, -0.25) is 0 Å². The molecular weight excluding hydrogens is 420 g/mol. The Kier molecular flexibility index (Phi) is 9.01. The first kappa shape index (κ1) is 20.8. The van der Waals surface area contributed by atoms with Gasteiger partial charge in [-0.1, -0.05) is 47.5 Å². The maximum absolute atomic E-state index is 4.84. The van der Waals surface area contributed by atoms with Crippen molar-refractivity contribution in [3.63, 3.8) is 0 Å². The molecule has 0 bridgehead atoms. The molecule has 0 aliphatic heterocycles. The van der Waals surface area contributed by atoms with Crippen molar-refractivity contribution in [2.45, 2.75) is 12.8 Å². The second-order valence-corrected chi connectivity index (χ2v) is 4.47. The van der Waals surface area contributed by atoms with Crippen molar-refractivity contribution in [1.29, 1.82) is 0 Å². The third-order valence-corrected chi connectivity index (χ3v) is 3.37. The Labute approximate surface area is 165 Å². The van der Waals surface area contributed by atoms with Gasteiger partial charge in [0.1, 0.15) is 0 Å². The maximum atomic E-state index is 4.84. The van der Waals surface area contributed by atoms with Crippen molar-refractivity contribution in [3.8, 4) is 0 Å². The molecule has 3 heteroatoms. The fourth-order valence-corrected chi connectivity index (χ4v) is 2.41. The van der Waals surface area contributed by atoms with Gasteiger partial charge in [0.05, 0.1) is 11.0 Å². The molecule has 1 heterocycles. The van der Waals surface area contributed by atoms with Gasteiger partial charge in [0, 0.05) is 43.5 Å². The molecule has 0 saturated carbocycles. The van der Waals surface area contributed by atoms with E-state index in [-0.39, 0.29) is 59.6 Å². The number of nitrogens with zero attached hydrogens (tertiary/aromatic N) is 1. The van der Waals surface area contributed by atoms with E-state index in [4.69, 9.17) is 4.98 Å². The van der Waals surface area contributed by atoms with Crippen LogP contribution in [-0.4, -0.2) is 4.98 Å². The summed E-state index contributed by atoms with van der Waals surface area (Å²) in [5.74, 6) is 0. The van der Waals surface area contributed by atoms with E-state index in [1.165, 1.54) is 21.9 Å². The summed E-state index contributed by atoms with van der Waals surface area (Å²) >= 11 is 0. The quantitative estimate of drug-likeness (QED) is 0.329. The molecule has 0 spiro atoms. The van der Waals surface area contributed by atoms with Crippen LogP contribution in [0.25, 0.3) is 21.8 Å². The molecule has 0 amide bonds. The van der Waals surface area contributed by atoms with Crippen LogP contribution in [0.4, 0.5) is 0 Å². The molecule has 0 unspecified atom stereocenters. The monoisotopic (exact) mass is 440 g/mol. The average Bonchev–Trinajstić information content (AvgIpc) is 2.43. The molecule has 3 rings (SSSR count). The molecule has 107 valence electrons. The summed E-state index contributed by atoms with van der Waals surface area (Å²) < 4.78 is 0. The van der Waals surface area contributed by atoms with Gasteiger partial charge in [-0.25, -0.2) is 4.98 Å². The summed E-state index contributed by atoms with van der Waals surface area (Å²) in [6, 6.07) is 14.8. The fraction of sp³-hybridized carbons (Fsp3) is 0.111. The van der Waals surface area contributed by atoms with E-state index in [1.54, 1.807) is 0 Å². The topological polar surface area (TPSA) is 12.9 Å². The van der Waals surface area contributed by atoms with Crippen molar-refractivity contribution in [2.24, 2.45) is 0 Å². The van der Waals surface area contributed by atoms with Crippen molar-refractivity contribution in [3.05, 3.63) is 74.9 Å². The van der Waals surface area contributed by atoms with Gasteiger partial charge in [-0.2, -0.15) is 12.8 Å². The molecule has 2 aromatic carbocycles. The first-order chi connectivity index (χ1) is 8.83. The molecule has 0 aliphatic rings. The van der Waals surface area contributed by atoms with E-state index in [2.05, 4.69) is 56.3 Å². The van der Waals surface area contributed by atoms with Crippen LogP contribution in [0.5, 0.6) is 0 Å². The molecule has 0 saturated heterocycles. The Morgan fingerprint density at radius 1 is 0.810 bits per heavy atom. The largest absolute Gasteiger partial charge is 0 e. The van der Waals surface area contributed by atoms with Crippen molar-refractivity contribution in [1.82, 2.24) is 4.98 Å². The smallest absolute Gasteiger partial charge is 0 e. The summed E-state index contributed by atoms with van der Waals surface area (Å²) in [7, 11) is 0. The standard InChI is InChI=1S/C17H15N.CH3.Ru.Y.H/c1-3-12-7-5-9-14-11-15-10-6-8-13(4-2)17(15)18-16(12)14;;;;/h5-11H,1-4H2;1H3;;;/q-2;-1;+3;;. The number of rotatable bonds is 2. The first-order valence-corrected chi connectivity index (χ1v) is 6.22. The van der Waals surface area contributed by atoms with Gasteiger partial charge < -0.3 is 21.3 Å². The van der Waals surface area contributed by atoms with Gasteiger partial charge >= 0.3 is 19.5 Å². The number of hydrogen-bond donors (Lipinski definition) is 0. The van der Waals surface area contributed by atoms with Crippen molar-refractivity contribution in [2.75, 3.05) is 0 Å². The summed E-state index contributed by atoms with van der Waals surface area (Å²) in [6.45, 7) is 7.95. The zero-order valence-corrected chi connectivity index (χ0v) is 17.0. The second kappa shape index (κ2) is 9.08. The Morgan fingerprint density at radius 2 is 1.24 bits per heavy atom.